The van der Waals surface area contributed by atoms with Crippen LogP contribution in [0.25, 0.3) is 11.3 Å². The third-order valence-electron chi connectivity index (χ3n) is 4.07. The Bertz CT molecular complexity index is 1120. The predicted molar refractivity (Wildman–Crippen MR) is 106 cm³/mol. The zero-order valence-electron chi connectivity index (χ0n) is 14.9. The summed E-state index contributed by atoms with van der Waals surface area (Å²) in [5.41, 5.74) is 0.954. The Morgan fingerprint density at radius 3 is 2.61 bits per heavy atom. The molecule has 4 rings (SSSR count). The van der Waals surface area contributed by atoms with Gasteiger partial charge in [-0.05, 0) is 48.5 Å². The monoisotopic (exact) mass is 393 g/mol. The molecule has 1 N–H and O–H groups in total. The van der Waals surface area contributed by atoms with Gasteiger partial charge in [-0.3, -0.25) is 4.79 Å². The van der Waals surface area contributed by atoms with Crippen molar-refractivity contribution in [1.82, 2.24) is 9.55 Å². The zero-order chi connectivity index (χ0) is 19.5. The number of furan rings is 1. The third-order valence-corrected chi connectivity index (χ3v) is 5.15. The minimum absolute atomic E-state index is 0.115. The average molecular weight is 393 g/mol. The number of nitrogens with zero attached hydrogens (tertiary/aromatic N) is 2. The van der Waals surface area contributed by atoms with Crippen LogP contribution in [0.4, 0.5) is 10.1 Å². The van der Waals surface area contributed by atoms with Gasteiger partial charge in [0, 0.05) is 30.0 Å². The third kappa shape index (κ3) is 3.84. The van der Waals surface area contributed by atoms with Crippen molar-refractivity contribution in [3.8, 4) is 11.3 Å². The molecule has 0 radical (unpaired) electrons. The minimum Gasteiger partial charge on any atom is -0.451 e. The fraction of sp³-hybridized carbons (Fsp3) is 0.0476. The van der Waals surface area contributed by atoms with E-state index in [4.69, 9.17) is 4.42 Å². The van der Waals surface area contributed by atoms with E-state index in [1.807, 2.05) is 42.1 Å². The number of carbonyl (C=O) groups is 1. The molecule has 140 valence electrons. The lowest BCUT2D eigenvalue weighted by atomic mass is 10.1. The molecule has 0 bridgehead atoms. The number of anilines is 1. The highest BCUT2D eigenvalue weighted by Crippen LogP contribution is 2.28. The number of amides is 1. The van der Waals surface area contributed by atoms with Crippen LogP contribution in [0.15, 0.2) is 87.5 Å². The maximum absolute atomic E-state index is 13.9. The van der Waals surface area contributed by atoms with Crippen LogP contribution in [0.1, 0.15) is 10.6 Å². The topological polar surface area (TPSA) is 60.1 Å². The molecule has 2 heterocycles. The van der Waals surface area contributed by atoms with Crippen LogP contribution in [0, 0.1) is 5.82 Å². The second kappa shape index (κ2) is 7.74. The molecule has 0 saturated carbocycles. The van der Waals surface area contributed by atoms with Crippen molar-refractivity contribution in [2.45, 2.75) is 10.1 Å². The number of benzene rings is 2. The molecule has 0 aliphatic carbocycles. The Morgan fingerprint density at radius 2 is 1.89 bits per heavy atom. The number of hydrogen-bond acceptors (Lipinski definition) is 4. The summed E-state index contributed by atoms with van der Waals surface area (Å²) >= 11 is 1.53. The first-order valence-corrected chi connectivity index (χ1v) is 9.33. The van der Waals surface area contributed by atoms with Crippen LogP contribution in [0.5, 0.6) is 0 Å². The van der Waals surface area contributed by atoms with E-state index in [1.165, 1.54) is 23.9 Å². The summed E-state index contributed by atoms with van der Waals surface area (Å²) < 4.78 is 21.3. The number of rotatable bonds is 5. The van der Waals surface area contributed by atoms with E-state index in [2.05, 4.69) is 10.3 Å². The molecule has 2 aromatic heterocycles. The molecule has 28 heavy (non-hydrogen) atoms. The van der Waals surface area contributed by atoms with Crippen molar-refractivity contribution in [2.24, 2.45) is 7.05 Å². The van der Waals surface area contributed by atoms with E-state index in [0.29, 0.717) is 17.0 Å². The molecule has 0 aliphatic heterocycles. The largest absolute Gasteiger partial charge is 0.451 e. The van der Waals surface area contributed by atoms with Gasteiger partial charge in [0.25, 0.3) is 5.91 Å². The number of nitrogens with one attached hydrogen (secondary N) is 1. The minimum atomic E-state index is -0.399. The molecule has 0 saturated heterocycles. The van der Waals surface area contributed by atoms with Crippen LogP contribution in [-0.4, -0.2) is 15.5 Å². The van der Waals surface area contributed by atoms with Gasteiger partial charge in [-0.15, -0.1) is 0 Å². The van der Waals surface area contributed by atoms with Crippen molar-refractivity contribution in [3.05, 3.63) is 84.6 Å². The standard InChI is InChI=1S/C21H16FN3O2S/c1-25-13-12-23-21(25)28-15-8-6-14(7-9-15)24-20(26)19-11-10-18(27-19)16-4-2-3-5-17(16)22/h2-13H,1H3,(H,24,26). The SMILES string of the molecule is Cn1ccnc1Sc1ccc(NC(=O)c2ccc(-c3ccccc3F)o2)cc1. The highest BCUT2D eigenvalue weighted by molar-refractivity contribution is 7.99. The lowest BCUT2D eigenvalue weighted by Gasteiger charge is -2.05. The van der Waals surface area contributed by atoms with Crippen LogP contribution < -0.4 is 5.32 Å². The molecule has 2 aromatic carbocycles. The Morgan fingerprint density at radius 1 is 1.11 bits per heavy atom. The Balaban J connectivity index is 1.44. The van der Waals surface area contributed by atoms with Crippen LogP contribution in [0.3, 0.4) is 0 Å². The number of hydrogen-bond donors (Lipinski definition) is 1. The van der Waals surface area contributed by atoms with Crippen molar-refractivity contribution in [2.75, 3.05) is 5.32 Å². The molecular weight excluding hydrogens is 377 g/mol. The Kier molecular flexibility index (Phi) is 4.99. The predicted octanol–water partition coefficient (Wildman–Crippen LogP) is 5.22. The average Bonchev–Trinajstić information content (AvgIpc) is 3.33. The summed E-state index contributed by atoms with van der Waals surface area (Å²) in [5, 5.41) is 3.66. The first-order valence-electron chi connectivity index (χ1n) is 8.51. The molecule has 0 unspecified atom stereocenters. The van der Waals surface area contributed by atoms with E-state index >= 15 is 0 Å². The molecular formula is C21H16FN3O2S. The van der Waals surface area contributed by atoms with Crippen LogP contribution in [0.2, 0.25) is 0 Å². The lowest BCUT2D eigenvalue weighted by Crippen LogP contribution is -2.10. The second-order valence-corrected chi connectivity index (χ2v) is 7.09. The summed E-state index contributed by atoms with van der Waals surface area (Å²) in [6, 6.07) is 16.8. The summed E-state index contributed by atoms with van der Waals surface area (Å²) in [4.78, 5) is 17.7. The van der Waals surface area contributed by atoms with Crippen molar-refractivity contribution < 1.29 is 13.6 Å². The van der Waals surface area contributed by atoms with Gasteiger partial charge >= 0.3 is 0 Å². The summed E-state index contributed by atoms with van der Waals surface area (Å²) in [5.74, 6) is -0.369. The van der Waals surface area contributed by atoms with Gasteiger partial charge in [-0.25, -0.2) is 9.37 Å². The number of carbonyl (C=O) groups excluding carboxylic acids is 1. The van der Waals surface area contributed by atoms with Gasteiger partial charge in [0.15, 0.2) is 10.9 Å². The fourth-order valence-corrected chi connectivity index (χ4v) is 3.42. The van der Waals surface area contributed by atoms with Crippen LogP contribution >= 0.6 is 11.8 Å². The fourth-order valence-electron chi connectivity index (χ4n) is 2.62. The number of imidazole rings is 1. The number of aryl methyl sites for hydroxylation is 1. The number of aromatic nitrogens is 2. The molecule has 0 atom stereocenters. The van der Waals surface area contributed by atoms with Crippen molar-refractivity contribution >= 4 is 23.4 Å². The summed E-state index contributed by atoms with van der Waals surface area (Å²) in [6.45, 7) is 0. The van der Waals surface area contributed by atoms with E-state index in [9.17, 15) is 9.18 Å². The molecule has 1 amide bonds. The Labute approximate surface area is 165 Å². The normalized spacial score (nSPS) is 10.8. The molecule has 5 nitrogen and oxygen atoms in total. The van der Waals surface area contributed by atoms with Gasteiger partial charge in [-0.1, -0.05) is 23.9 Å². The first-order chi connectivity index (χ1) is 13.6. The number of halogens is 1. The van der Waals surface area contributed by atoms with E-state index < -0.39 is 11.7 Å². The second-order valence-electron chi connectivity index (χ2n) is 6.05. The molecule has 0 spiro atoms. The smallest absolute Gasteiger partial charge is 0.291 e. The van der Waals surface area contributed by atoms with Gasteiger partial charge in [-0.2, -0.15) is 0 Å². The molecule has 0 fully saturated rings. The van der Waals surface area contributed by atoms with E-state index in [1.54, 1.807) is 30.5 Å². The lowest BCUT2D eigenvalue weighted by molar-refractivity contribution is 0.0997. The van der Waals surface area contributed by atoms with Gasteiger partial charge < -0.3 is 14.3 Å². The van der Waals surface area contributed by atoms with Gasteiger partial charge in [0.2, 0.25) is 0 Å². The highest BCUT2D eigenvalue weighted by atomic mass is 32.2. The first kappa shape index (κ1) is 18.1. The maximum Gasteiger partial charge on any atom is 0.291 e. The molecule has 4 aromatic rings. The van der Waals surface area contributed by atoms with E-state index in [-0.39, 0.29) is 5.76 Å². The summed E-state index contributed by atoms with van der Waals surface area (Å²) in [7, 11) is 1.93. The highest BCUT2D eigenvalue weighted by Gasteiger charge is 2.14. The molecule has 7 heteroatoms. The van der Waals surface area contributed by atoms with E-state index in [0.717, 1.165) is 10.1 Å². The van der Waals surface area contributed by atoms with Gasteiger partial charge in [0.1, 0.15) is 11.6 Å². The quantitative estimate of drug-likeness (QED) is 0.505. The maximum atomic E-state index is 13.9. The summed E-state index contributed by atoms with van der Waals surface area (Å²) in [6.07, 6.45) is 3.63. The van der Waals surface area contributed by atoms with Crippen molar-refractivity contribution in [1.29, 1.82) is 0 Å². The van der Waals surface area contributed by atoms with Crippen molar-refractivity contribution in [3.63, 3.8) is 0 Å². The van der Waals surface area contributed by atoms with Crippen LogP contribution in [-0.2, 0) is 7.05 Å². The Hall–Kier alpha value is -3.32. The zero-order valence-corrected chi connectivity index (χ0v) is 15.7. The molecule has 0 aliphatic rings. The van der Waals surface area contributed by atoms with Gasteiger partial charge in [0.05, 0.1) is 5.56 Å².